The summed E-state index contributed by atoms with van der Waals surface area (Å²) in [7, 11) is 0. The summed E-state index contributed by atoms with van der Waals surface area (Å²) in [5, 5.41) is 0. The standard InChI is InChI=1S/C16H20N2O2/c1-12-5-7-13(8-6-12)20-15(14(19)16(2,3)4)18-10-9-17-11-18/h5-11,15H,1-4H3/t15-/m1/s1. The van der Waals surface area contributed by atoms with Crippen molar-refractivity contribution in [3.63, 3.8) is 0 Å². The summed E-state index contributed by atoms with van der Waals surface area (Å²) in [6.45, 7) is 7.67. The SMILES string of the molecule is Cc1ccc(O[C@H](C(=O)C(C)(C)C)n2ccnc2)cc1. The van der Waals surface area contributed by atoms with E-state index in [9.17, 15) is 4.79 Å². The predicted octanol–water partition coefficient (Wildman–Crippen LogP) is 3.38. The molecule has 0 bridgehead atoms. The van der Waals surface area contributed by atoms with Crippen molar-refractivity contribution < 1.29 is 9.53 Å². The van der Waals surface area contributed by atoms with E-state index in [1.807, 2.05) is 52.0 Å². The highest BCUT2D eigenvalue weighted by molar-refractivity contribution is 5.86. The first-order valence-electron chi connectivity index (χ1n) is 6.63. The van der Waals surface area contributed by atoms with Crippen molar-refractivity contribution in [3.05, 3.63) is 48.5 Å². The van der Waals surface area contributed by atoms with Crippen molar-refractivity contribution in [1.82, 2.24) is 9.55 Å². The van der Waals surface area contributed by atoms with Gasteiger partial charge < -0.3 is 4.74 Å². The lowest BCUT2D eigenvalue weighted by Gasteiger charge is -2.26. The molecule has 0 N–H and O–H groups in total. The third kappa shape index (κ3) is 3.26. The third-order valence-corrected chi connectivity index (χ3v) is 3.03. The molecule has 106 valence electrons. The molecule has 0 aliphatic heterocycles. The van der Waals surface area contributed by atoms with Crippen molar-refractivity contribution in [1.29, 1.82) is 0 Å². The van der Waals surface area contributed by atoms with Gasteiger partial charge in [-0.25, -0.2) is 4.98 Å². The van der Waals surface area contributed by atoms with Gasteiger partial charge in [0.15, 0.2) is 5.78 Å². The van der Waals surface area contributed by atoms with Gasteiger partial charge in [0.1, 0.15) is 5.75 Å². The van der Waals surface area contributed by atoms with E-state index in [2.05, 4.69) is 4.98 Å². The molecule has 0 unspecified atom stereocenters. The van der Waals surface area contributed by atoms with Crippen LogP contribution in [0.15, 0.2) is 43.0 Å². The lowest BCUT2D eigenvalue weighted by Crippen LogP contribution is -2.33. The summed E-state index contributed by atoms with van der Waals surface area (Å²) in [6, 6.07) is 7.66. The van der Waals surface area contributed by atoms with Crippen LogP contribution in [0.1, 0.15) is 32.6 Å². The fourth-order valence-electron chi connectivity index (χ4n) is 1.77. The Balaban J connectivity index is 2.28. The van der Waals surface area contributed by atoms with E-state index < -0.39 is 11.6 Å². The molecule has 0 spiro atoms. The van der Waals surface area contributed by atoms with Crippen LogP contribution in [0.2, 0.25) is 0 Å². The number of hydrogen-bond acceptors (Lipinski definition) is 3. The van der Waals surface area contributed by atoms with Crippen LogP contribution in [0, 0.1) is 12.3 Å². The summed E-state index contributed by atoms with van der Waals surface area (Å²) in [5.74, 6) is 0.683. The van der Waals surface area contributed by atoms with Gasteiger partial charge in [-0.15, -0.1) is 0 Å². The van der Waals surface area contributed by atoms with Crippen molar-refractivity contribution in [2.45, 2.75) is 33.9 Å². The second-order valence-electron chi connectivity index (χ2n) is 5.91. The second kappa shape index (κ2) is 5.49. The predicted molar refractivity (Wildman–Crippen MR) is 77.5 cm³/mol. The first kappa shape index (κ1) is 14.3. The number of Topliss-reactive ketones (excluding diaryl/α,β-unsaturated/α-hetero) is 1. The van der Waals surface area contributed by atoms with E-state index in [-0.39, 0.29) is 5.78 Å². The summed E-state index contributed by atoms with van der Waals surface area (Å²) in [4.78, 5) is 16.6. The molecule has 0 radical (unpaired) electrons. The second-order valence-corrected chi connectivity index (χ2v) is 5.91. The highest BCUT2D eigenvalue weighted by Crippen LogP contribution is 2.26. The molecule has 0 saturated carbocycles. The summed E-state index contributed by atoms with van der Waals surface area (Å²) in [6.07, 6.45) is 4.28. The zero-order valence-corrected chi connectivity index (χ0v) is 12.3. The van der Waals surface area contributed by atoms with Crippen LogP contribution < -0.4 is 4.74 Å². The number of carbonyl (C=O) groups is 1. The Labute approximate surface area is 119 Å². The van der Waals surface area contributed by atoms with Crippen LogP contribution in [0.25, 0.3) is 0 Å². The molecule has 0 fully saturated rings. The Bertz CT molecular complexity index is 566. The van der Waals surface area contributed by atoms with E-state index >= 15 is 0 Å². The molecular formula is C16H20N2O2. The van der Waals surface area contributed by atoms with Crippen molar-refractivity contribution in [3.8, 4) is 5.75 Å². The Morgan fingerprint density at radius 1 is 1.25 bits per heavy atom. The van der Waals surface area contributed by atoms with Crippen LogP contribution in [-0.4, -0.2) is 15.3 Å². The van der Waals surface area contributed by atoms with E-state index in [1.165, 1.54) is 0 Å². The molecule has 1 aromatic carbocycles. The zero-order valence-electron chi connectivity index (χ0n) is 12.3. The Morgan fingerprint density at radius 3 is 2.40 bits per heavy atom. The van der Waals surface area contributed by atoms with Crippen LogP contribution in [-0.2, 0) is 4.79 Å². The molecule has 4 nitrogen and oxygen atoms in total. The topological polar surface area (TPSA) is 44.1 Å². The fourth-order valence-corrected chi connectivity index (χ4v) is 1.77. The van der Waals surface area contributed by atoms with Gasteiger partial charge >= 0.3 is 0 Å². The number of rotatable bonds is 4. The highest BCUT2D eigenvalue weighted by Gasteiger charge is 2.32. The van der Waals surface area contributed by atoms with Crippen molar-refractivity contribution in [2.75, 3.05) is 0 Å². The minimum absolute atomic E-state index is 0.0103. The fraction of sp³-hybridized carbons (Fsp3) is 0.375. The summed E-state index contributed by atoms with van der Waals surface area (Å²) < 4.78 is 7.56. The number of aryl methyl sites for hydroxylation is 1. The zero-order chi connectivity index (χ0) is 14.8. The minimum atomic E-state index is -0.694. The average molecular weight is 272 g/mol. The van der Waals surface area contributed by atoms with Gasteiger partial charge in [0.25, 0.3) is 0 Å². The van der Waals surface area contributed by atoms with Gasteiger partial charge in [0.2, 0.25) is 6.23 Å². The number of ketones is 1. The van der Waals surface area contributed by atoms with Gasteiger partial charge in [-0.2, -0.15) is 0 Å². The molecule has 20 heavy (non-hydrogen) atoms. The maximum Gasteiger partial charge on any atom is 0.236 e. The number of ether oxygens (including phenoxy) is 1. The summed E-state index contributed by atoms with van der Waals surface area (Å²) >= 11 is 0. The van der Waals surface area contributed by atoms with E-state index in [1.54, 1.807) is 23.3 Å². The van der Waals surface area contributed by atoms with Gasteiger partial charge in [-0.05, 0) is 19.1 Å². The minimum Gasteiger partial charge on any atom is -0.463 e. The number of aromatic nitrogens is 2. The third-order valence-electron chi connectivity index (χ3n) is 3.03. The molecule has 0 aliphatic carbocycles. The van der Waals surface area contributed by atoms with E-state index in [4.69, 9.17) is 4.74 Å². The lowest BCUT2D eigenvalue weighted by molar-refractivity contribution is -0.137. The van der Waals surface area contributed by atoms with E-state index in [0.29, 0.717) is 5.75 Å². The number of benzene rings is 1. The van der Waals surface area contributed by atoms with Crippen LogP contribution in [0.5, 0.6) is 5.75 Å². The number of hydrogen-bond donors (Lipinski definition) is 0. The van der Waals surface area contributed by atoms with Gasteiger partial charge in [-0.3, -0.25) is 9.36 Å². The number of nitrogens with zero attached hydrogens (tertiary/aromatic N) is 2. The number of carbonyl (C=O) groups excluding carboxylic acids is 1. The average Bonchev–Trinajstić information content (AvgIpc) is 2.90. The normalized spacial score (nSPS) is 13.0. The summed E-state index contributed by atoms with van der Waals surface area (Å²) in [5.41, 5.74) is 0.665. The van der Waals surface area contributed by atoms with Crippen molar-refractivity contribution in [2.24, 2.45) is 5.41 Å². The molecule has 1 atom stereocenters. The van der Waals surface area contributed by atoms with Crippen LogP contribution in [0.4, 0.5) is 0 Å². The first-order valence-corrected chi connectivity index (χ1v) is 6.63. The van der Waals surface area contributed by atoms with Crippen LogP contribution in [0.3, 0.4) is 0 Å². The van der Waals surface area contributed by atoms with Gasteiger partial charge in [0.05, 0.1) is 6.33 Å². The molecule has 0 saturated heterocycles. The van der Waals surface area contributed by atoms with Gasteiger partial charge in [0, 0.05) is 17.8 Å². The molecule has 2 rings (SSSR count). The molecular weight excluding hydrogens is 252 g/mol. The maximum atomic E-state index is 12.6. The number of imidazole rings is 1. The largest absolute Gasteiger partial charge is 0.463 e. The van der Waals surface area contributed by atoms with Crippen molar-refractivity contribution >= 4 is 5.78 Å². The maximum absolute atomic E-state index is 12.6. The first-order chi connectivity index (χ1) is 9.38. The molecule has 0 aliphatic rings. The van der Waals surface area contributed by atoms with Crippen LogP contribution >= 0.6 is 0 Å². The molecule has 4 heteroatoms. The Morgan fingerprint density at radius 2 is 1.90 bits per heavy atom. The highest BCUT2D eigenvalue weighted by atomic mass is 16.5. The smallest absolute Gasteiger partial charge is 0.236 e. The van der Waals surface area contributed by atoms with E-state index in [0.717, 1.165) is 5.56 Å². The molecule has 1 heterocycles. The molecule has 0 amide bonds. The Kier molecular flexibility index (Phi) is 3.93. The monoisotopic (exact) mass is 272 g/mol. The lowest BCUT2D eigenvalue weighted by atomic mass is 9.89. The van der Waals surface area contributed by atoms with Gasteiger partial charge in [-0.1, -0.05) is 38.5 Å². The molecule has 2 aromatic rings. The quantitative estimate of drug-likeness (QED) is 0.857. The Hall–Kier alpha value is -2.10. The molecule has 1 aromatic heterocycles.